The second-order valence-corrected chi connectivity index (χ2v) is 8.09. The molecule has 7 nitrogen and oxygen atoms in total. The molecule has 1 aromatic heterocycles. The number of hydrogen-bond donors (Lipinski definition) is 1. The quantitative estimate of drug-likeness (QED) is 0.778. The number of rotatable bonds is 7. The number of nitrogen functional groups attached to an aromatic ring is 1. The lowest BCUT2D eigenvalue weighted by Crippen LogP contribution is -2.49. The molecule has 0 bridgehead atoms. The van der Waals surface area contributed by atoms with Crippen LogP contribution in [0.3, 0.4) is 0 Å². The van der Waals surface area contributed by atoms with Crippen LogP contribution in [0.5, 0.6) is 0 Å². The van der Waals surface area contributed by atoms with E-state index in [1.807, 2.05) is 26.0 Å². The van der Waals surface area contributed by atoms with Gasteiger partial charge in [0.15, 0.2) is 0 Å². The zero-order valence-corrected chi connectivity index (χ0v) is 14.6. The number of pyridine rings is 1. The Balaban J connectivity index is 1.81. The minimum Gasteiger partial charge on any atom is -0.384 e. The first-order valence-corrected chi connectivity index (χ1v) is 9.50. The van der Waals surface area contributed by atoms with E-state index < -0.39 is 10.0 Å². The lowest BCUT2D eigenvalue weighted by molar-refractivity contribution is 0.0902. The van der Waals surface area contributed by atoms with Crippen molar-refractivity contribution in [3.63, 3.8) is 0 Å². The summed E-state index contributed by atoms with van der Waals surface area (Å²) in [5.74, 6) is 0.556. The smallest absolute Gasteiger partial charge is 0.216 e. The number of hydrogen-bond acceptors (Lipinski definition) is 6. The molecule has 2 rings (SSSR count). The topological polar surface area (TPSA) is 88.8 Å². The van der Waals surface area contributed by atoms with Gasteiger partial charge in [0.1, 0.15) is 5.82 Å². The molecule has 2 heterocycles. The van der Waals surface area contributed by atoms with Crippen molar-refractivity contribution in [2.24, 2.45) is 0 Å². The Morgan fingerprint density at radius 2 is 2.00 bits per heavy atom. The number of nitrogens with zero attached hydrogens (tertiary/aromatic N) is 3. The number of ether oxygens (including phenoxy) is 1. The predicted molar refractivity (Wildman–Crippen MR) is 90.4 cm³/mol. The van der Waals surface area contributed by atoms with Gasteiger partial charge < -0.3 is 10.5 Å². The molecule has 1 fully saturated rings. The van der Waals surface area contributed by atoms with Crippen LogP contribution in [0.25, 0.3) is 0 Å². The van der Waals surface area contributed by atoms with Gasteiger partial charge in [-0.25, -0.2) is 13.4 Å². The first-order chi connectivity index (χ1) is 10.9. The van der Waals surface area contributed by atoms with Crippen molar-refractivity contribution in [3.05, 3.63) is 23.9 Å². The molecule has 1 saturated heterocycles. The van der Waals surface area contributed by atoms with Gasteiger partial charge in [0.05, 0.1) is 18.5 Å². The molecule has 23 heavy (non-hydrogen) atoms. The summed E-state index contributed by atoms with van der Waals surface area (Å²) in [4.78, 5) is 6.21. The average molecular weight is 342 g/mol. The molecule has 0 amide bonds. The van der Waals surface area contributed by atoms with E-state index in [1.165, 1.54) is 0 Å². The van der Waals surface area contributed by atoms with Crippen LogP contribution in [0.15, 0.2) is 18.3 Å². The summed E-state index contributed by atoms with van der Waals surface area (Å²) >= 11 is 0. The Labute approximate surface area is 138 Å². The highest BCUT2D eigenvalue weighted by Crippen LogP contribution is 2.12. The fourth-order valence-corrected chi connectivity index (χ4v) is 3.82. The van der Waals surface area contributed by atoms with E-state index in [9.17, 15) is 8.42 Å². The molecule has 0 saturated carbocycles. The van der Waals surface area contributed by atoms with Crippen molar-refractivity contribution in [2.75, 3.05) is 44.3 Å². The summed E-state index contributed by atoms with van der Waals surface area (Å²) in [7, 11) is -3.23. The van der Waals surface area contributed by atoms with Gasteiger partial charge in [-0.2, -0.15) is 4.31 Å². The van der Waals surface area contributed by atoms with Gasteiger partial charge in [-0.3, -0.25) is 4.90 Å². The third kappa shape index (κ3) is 5.72. The Morgan fingerprint density at radius 3 is 2.61 bits per heavy atom. The molecule has 0 unspecified atom stereocenters. The number of anilines is 1. The van der Waals surface area contributed by atoms with Crippen LogP contribution in [0, 0.1) is 0 Å². The van der Waals surface area contributed by atoms with Crippen LogP contribution in [0.1, 0.15) is 19.4 Å². The van der Waals surface area contributed by atoms with Crippen LogP contribution in [-0.2, 0) is 21.3 Å². The lowest BCUT2D eigenvalue weighted by Gasteiger charge is -2.34. The third-order valence-electron chi connectivity index (χ3n) is 3.77. The first-order valence-electron chi connectivity index (χ1n) is 7.89. The van der Waals surface area contributed by atoms with Crippen molar-refractivity contribution >= 4 is 15.8 Å². The summed E-state index contributed by atoms with van der Waals surface area (Å²) in [6.45, 7) is 7.27. The van der Waals surface area contributed by atoms with Gasteiger partial charge in [-0.1, -0.05) is 0 Å². The summed E-state index contributed by atoms with van der Waals surface area (Å²) < 4.78 is 31.5. The molecule has 130 valence electrons. The highest BCUT2D eigenvalue weighted by Gasteiger charge is 2.26. The normalized spacial score (nSPS) is 17.7. The zero-order valence-electron chi connectivity index (χ0n) is 13.8. The maximum absolute atomic E-state index is 12.3. The standard InChI is InChI=1S/C15H26N4O3S/c1-13(2)22-9-10-23(20,21)19-7-5-18(6-8-19)12-14-3-4-17-15(16)11-14/h3-4,11,13H,5-10,12H2,1-2H3,(H2,16,17). The van der Waals surface area contributed by atoms with Gasteiger partial charge in [0, 0.05) is 38.9 Å². The molecular formula is C15H26N4O3S. The molecule has 0 atom stereocenters. The summed E-state index contributed by atoms with van der Waals surface area (Å²) in [5.41, 5.74) is 6.78. The predicted octanol–water partition coefficient (Wildman–Crippen LogP) is 0.536. The van der Waals surface area contributed by atoms with Gasteiger partial charge in [0.2, 0.25) is 10.0 Å². The van der Waals surface area contributed by atoms with Gasteiger partial charge in [-0.15, -0.1) is 0 Å². The fourth-order valence-electron chi connectivity index (χ4n) is 2.53. The molecule has 0 spiro atoms. The molecule has 1 aliphatic rings. The summed E-state index contributed by atoms with van der Waals surface area (Å²) in [6.07, 6.45) is 1.75. The van der Waals surface area contributed by atoms with Crippen LogP contribution in [0.2, 0.25) is 0 Å². The van der Waals surface area contributed by atoms with E-state index in [-0.39, 0.29) is 18.5 Å². The molecule has 2 N–H and O–H groups in total. The van der Waals surface area contributed by atoms with E-state index >= 15 is 0 Å². The van der Waals surface area contributed by atoms with E-state index in [4.69, 9.17) is 10.5 Å². The van der Waals surface area contributed by atoms with Gasteiger partial charge in [0.25, 0.3) is 0 Å². The number of piperazine rings is 1. The lowest BCUT2D eigenvalue weighted by atomic mass is 10.2. The monoisotopic (exact) mass is 342 g/mol. The van der Waals surface area contributed by atoms with E-state index in [0.29, 0.717) is 32.0 Å². The van der Waals surface area contributed by atoms with E-state index in [1.54, 1.807) is 10.5 Å². The number of sulfonamides is 1. The van der Waals surface area contributed by atoms with Gasteiger partial charge in [-0.05, 0) is 31.5 Å². The van der Waals surface area contributed by atoms with Crippen LogP contribution in [-0.4, -0.2) is 67.2 Å². The average Bonchev–Trinajstić information content (AvgIpc) is 2.47. The van der Waals surface area contributed by atoms with Crippen molar-refractivity contribution in [1.82, 2.24) is 14.2 Å². The second-order valence-electron chi connectivity index (χ2n) is 6.00. The minimum atomic E-state index is -3.23. The van der Waals surface area contributed by atoms with Crippen molar-refractivity contribution in [2.45, 2.75) is 26.5 Å². The van der Waals surface area contributed by atoms with Crippen LogP contribution >= 0.6 is 0 Å². The number of aromatic nitrogens is 1. The molecule has 1 aliphatic heterocycles. The van der Waals surface area contributed by atoms with Gasteiger partial charge >= 0.3 is 0 Å². The Morgan fingerprint density at radius 1 is 1.30 bits per heavy atom. The summed E-state index contributed by atoms with van der Waals surface area (Å²) in [6, 6.07) is 3.79. The van der Waals surface area contributed by atoms with Crippen molar-refractivity contribution < 1.29 is 13.2 Å². The third-order valence-corrected chi connectivity index (χ3v) is 5.60. The highest BCUT2D eigenvalue weighted by atomic mass is 32.2. The molecule has 8 heteroatoms. The number of nitrogens with two attached hydrogens (primary N) is 1. The largest absolute Gasteiger partial charge is 0.384 e. The summed E-state index contributed by atoms with van der Waals surface area (Å²) in [5, 5.41) is 0. The maximum atomic E-state index is 12.3. The Bertz CT molecular complexity index is 598. The SMILES string of the molecule is CC(C)OCCS(=O)(=O)N1CCN(Cc2ccnc(N)c2)CC1. The molecule has 0 radical (unpaired) electrons. The van der Waals surface area contributed by atoms with E-state index in [2.05, 4.69) is 9.88 Å². The zero-order chi connectivity index (χ0) is 16.9. The molecule has 0 aromatic carbocycles. The van der Waals surface area contributed by atoms with Crippen LogP contribution < -0.4 is 5.73 Å². The molecule has 0 aliphatic carbocycles. The molecular weight excluding hydrogens is 316 g/mol. The fraction of sp³-hybridized carbons (Fsp3) is 0.667. The van der Waals surface area contributed by atoms with Crippen molar-refractivity contribution in [1.29, 1.82) is 0 Å². The second kappa shape index (κ2) is 8.05. The Hall–Kier alpha value is -1.22. The van der Waals surface area contributed by atoms with Crippen LogP contribution in [0.4, 0.5) is 5.82 Å². The van der Waals surface area contributed by atoms with E-state index in [0.717, 1.165) is 12.1 Å². The minimum absolute atomic E-state index is 0.0477. The maximum Gasteiger partial charge on any atom is 0.216 e. The Kier molecular flexibility index (Phi) is 6.34. The first kappa shape index (κ1) is 18.1. The van der Waals surface area contributed by atoms with Crippen molar-refractivity contribution in [3.8, 4) is 0 Å². The molecule has 1 aromatic rings. The highest BCUT2D eigenvalue weighted by molar-refractivity contribution is 7.89.